The van der Waals surface area contributed by atoms with Crippen LogP contribution in [0.1, 0.15) is 99.9 Å². The van der Waals surface area contributed by atoms with Crippen molar-refractivity contribution in [3.63, 3.8) is 0 Å². The zero-order valence-corrected chi connectivity index (χ0v) is 26.0. The molecule has 0 radical (unpaired) electrons. The van der Waals surface area contributed by atoms with Gasteiger partial charge in [-0.1, -0.05) is 107 Å². The van der Waals surface area contributed by atoms with Gasteiger partial charge in [0.15, 0.2) is 0 Å². The first-order valence-electron chi connectivity index (χ1n) is 14.0. The van der Waals surface area contributed by atoms with E-state index in [2.05, 4.69) is 28.7 Å². The summed E-state index contributed by atoms with van der Waals surface area (Å²) in [4.78, 5) is 15.1. The van der Waals surface area contributed by atoms with E-state index in [1.54, 1.807) is 30.0 Å². The van der Waals surface area contributed by atoms with Gasteiger partial charge in [-0.2, -0.15) is 0 Å². The van der Waals surface area contributed by atoms with Crippen LogP contribution in [0.4, 0.5) is 5.69 Å². The standard InChI is InChI=1S/C31H43ClN2O2S.BrH/c1-2-3-4-5-6-7-8-9-10-11-12-15-21-36-30-19-18-26(23-28(30)32)31(35)33-29-17-14-13-16-27(29)24-34-20-22-37-25-34;/h13-14,16-20,22-23H,2-12,15,21,24-25H2,1H3,(H,33,35);1H. The maximum atomic E-state index is 12.9. The van der Waals surface area contributed by atoms with Crippen LogP contribution in [-0.4, -0.2) is 23.3 Å². The fourth-order valence-electron chi connectivity index (χ4n) is 4.49. The van der Waals surface area contributed by atoms with Crippen LogP contribution < -0.4 is 10.1 Å². The first kappa shape index (κ1) is 32.6. The van der Waals surface area contributed by atoms with Gasteiger partial charge < -0.3 is 15.0 Å². The molecule has 4 nitrogen and oxygen atoms in total. The van der Waals surface area contributed by atoms with Gasteiger partial charge in [0, 0.05) is 24.0 Å². The fraction of sp³-hybridized carbons (Fsp3) is 0.516. The van der Waals surface area contributed by atoms with Crippen molar-refractivity contribution in [1.29, 1.82) is 0 Å². The molecule has 7 heteroatoms. The number of unbranched alkanes of at least 4 members (excludes halogenated alkanes) is 11. The summed E-state index contributed by atoms with van der Waals surface area (Å²) in [6.07, 6.45) is 17.9. The molecule has 0 bridgehead atoms. The topological polar surface area (TPSA) is 41.6 Å². The minimum absolute atomic E-state index is 0. The van der Waals surface area contributed by atoms with Gasteiger partial charge >= 0.3 is 0 Å². The van der Waals surface area contributed by atoms with E-state index in [-0.39, 0.29) is 22.9 Å². The summed E-state index contributed by atoms with van der Waals surface area (Å²) in [6, 6.07) is 13.2. The molecule has 3 rings (SSSR count). The molecule has 0 saturated carbocycles. The van der Waals surface area contributed by atoms with E-state index in [4.69, 9.17) is 16.3 Å². The van der Waals surface area contributed by atoms with Crippen molar-refractivity contribution in [3.05, 3.63) is 70.2 Å². The summed E-state index contributed by atoms with van der Waals surface area (Å²) >= 11 is 8.22. The smallest absolute Gasteiger partial charge is 0.255 e. The molecular weight excluding hydrogens is 580 g/mol. The van der Waals surface area contributed by atoms with Crippen molar-refractivity contribution in [2.24, 2.45) is 0 Å². The Labute approximate surface area is 249 Å². The van der Waals surface area contributed by atoms with Crippen molar-refractivity contribution < 1.29 is 9.53 Å². The molecule has 2 aromatic rings. The highest BCUT2D eigenvalue weighted by Crippen LogP contribution is 2.27. The van der Waals surface area contributed by atoms with Crippen molar-refractivity contribution in [2.45, 2.75) is 90.5 Å². The largest absolute Gasteiger partial charge is 0.492 e. The Morgan fingerprint density at radius 3 is 2.24 bits per heavy atom. The maximum Gasteiger partial charge on any atom is 0.255 e. The van der Waals surface area contributed by atoms with Gasteiger partial charge in [-0.3, -0.25) is 4.79 Å². The van der Waals surface area contributed by atoms with Gasteiger partial charge in [-0.25, -0.2) is 0 Å². The number of nitrogens with zero attached hydrogens (tertiary/aromatic N) is 1. The Morgan fingerprint density at radius 2 is 1.61 bits per heavy atom. The van der Waals surface area contributed by atoms with E-state index >= 15 is 0 Å². The Balaban J connectivity index is 0.00000507. The zero-order valence-electron chi connectivity index (χ0n) is 22.8. The number of carbonyl (C=O) groups is 1. The molecule has 1 N–H and O–H groups in total. The molecule has 2 aromatic carbocycles. The Kier molecular flexibility index (Phi) is 16.7. The van der Waals surface area contributed by atoms with Gasteiger partial charge in [-0.05, 0) is 41.7 Å². The van der Waals surface area contributed by atoms with Gasteiger partial charge in [-0.15, -0.1) is 28.7 Å². The minimum Gasteiger partial charge on any atom is -0.492 e. The highest BCUT2D eigenvalue weighted by molar-refractivity contribution is 8.93. The van der Waals surface area contributed by atoms with Crippen molar-refractivity contribution in [1.82, 2.24) is 4.90 Å². The summed E-state index contributed by atoms with van der Waals surface area (Å²) in [5.74, 6) is 1.40. The lowest BCUT2D eigenvalue weighted by Gasteiger charge is -2.18. The average molecular weight is 624 g/mol. The van der Waals surface area contributed by atoms with Crippen LogP contribution in [0.3, 0.4) is 0 Å². The third-order valence-electron chi connectivity index (χ3n) is 6.70. The summed E-state index contributed by atoms with van der Waals surface area (Å²) < 4.78 is 5.90. The quantitative estimate of drug-likeness (QED) is 0.168. The number of anilines is 1. The minimum atomic E-state index is -0.173. The lowest BCUT2D eigenvalue weighted by atomic mass is 10.1. The number of halogens is 2. The highest BCUT2D eigenvalue weighted by atomic mass is 79.9. The van der Waals surface area contributed by atoms with Gasteiger partial charge in [0.05, 0.1) is 17.5 Å². The summed E-state index contributed by atoms with van der Waals surface area (Å²) in [5, 5.41) is 5.61. The van der Waals surface area contributed by atoms with E-state index < -0.39 is 0 Å². The normalized spacial score (nSPS) is 12.4. The average Bonchev–Trinajstić information content (AvgIpc) is 3.42. The number of hydrogen-bond donors (Lipinski definition) is 1. The molecule has 1 amide bonds. The second kappa shape index (κ2) is 19.4. The number of para-hydroxylation sites is 1. The van der Waals surface area contributed by atoms with Crippen LogP contribution >= 0.6 is 40.3 Å². The van der Waals surface area contributed by atoms with E-state index in [1.807, 2.05) is 24.3 Å². The fourth-order valence-corrected chi connectivity index (χ4v) is 5.44. The number of thioether (sulfide) groups is 1. The Hall–Kier alpha value is -1.63. The van der Waals surface area contributed by atoms with Crippen LogP contribution in [0.2, 0.25) is 5.02 Å². The molecule has 1 aliphatic heterocycles. The molecule has 1 heterocycles. The van der Waals surface area contributed by atoms with Crippen LogP contribution in [0, 0.1) is 0 Å². The highest BCUT2D eigenvalue weighted by Gasteiger charge is 2.14. The molecule has 210 valence electrons. The molecule has 0 fully saturated rings. The summed E-state index contributed by atoms with van der Waals surface area (Å²) in [5.41, 5.74) is 2.42. The van der Waals surface area contributed by atoms with E-state index in [0.717, 1.165) is 30.1 Å². The lowest BCUT2D eigenvalue weighted by molar-refractivity contribution is 0.102. The van der Waals surface area contributed by atoms with Crippen LogP contribution in [0.5, 0.6) is 5.75 Å². The molecule has 1 aliphatic rings. The molecule has 0 unspecified atom stereocenters. The first-order chi connectivity index (χ1) is 18.2. The molecule has 0 aromatic heterocycles. The van der Waals surface area contributed by atoms with Crippen molar-refractivity contribution in [2.75, 3.05) is 17.8 Å². The predicted octanol–water partition coefficient (Wildman–Crippen LogP) is 10.2. The second-order valence-electron chi connectivity index (χ2n) is 9.82. The van der Waals surface area contributed by atoms with Crippen LogP contribution in [-0.2, 0) is 6.54 Å². The molecule has 0 spiro atoms. The van der Waals surface area contributed by atoms with Crippen LogP contribution in [0.15, 0.2) is 54.1 Å². The van der Waals surface area contributed by atoms with Gasteiger partial charge in [0.2, 0.25) is 0 Å². The summed E-state index contributed by atoms with van der Waals surface area (Å²) in [6.45, 7) is 3.68. The molecule has 0 saturated heterocycles. The molecule has 0 aliphatic carbocycles. The summed E-state index contributed by atoms with van der Waals surface area (Å²) in [7, 11) is 0. The number of benzene rings is 2. The first-order valence-corrected chi connectivity index (χ1v) is 15.4. The monoisotopic (exact) mass is 622 g/mol. The van der Waals surface area contributed by atoms with Crippen LogP contribution in [0.25, 0.3) is 0 Å². The number of rotatable bonds is 18. The van der Waals surface area contributed by atoms with Crippen molar-refractivity contribution in [3.8, 4) is 5.75 Å². The van der Waals surface area contributed by atoms with E-state index in [0.29, 0.717) is 22.9 Å². The maximum absolute atomic E-state index is 12.9. The number of ether oxygens (including phenoxy) is 1. The Bertz CT molecular complexity index is 988. The third-order valence-corrected chi connectivity index (χ3v) is 7.79. The number of carbonyl (C=O) groups excluding carboxylic acids is 1. The number of amides is 1. The predicted molar refractivity (Wildman–Crippen MR) is 170 cm³/mol. The zero-order chi connectivity index (χ0) is 26.1. The SMILES string of the molecule is Br.CCCCCCCCCCCCCCOc1ccc(C(=O)Nc2ccccc2CN2C=CSC2)cc1Cl. The second-order valence-corrected chi connectivity index (χ2v) is 11.1. The number of nitrogens with one attached hydrogen (secondary N) is 1. The van der Waals surface area contributed by atoms with Gasteiger partial charge in [0.25, 0.3) is 5.91 Å². The lowest BCUT2D eigenvalue weighted by Crippen LogP contribution is -2.17. The molecule has 0 atom stereocenters. The van der Waals surface area contributed by atoms with Crippen molar-refractivity contribution >= 4 is 51.9 Å². The molecule has 38 heavy (non-hydrogen) atoms. The Morgan fingerprint density at radius 1 is 0.947 bits per heavy atom. The third kappa shape index (κ3) is 12.0. The number of hydrogen-bond acceptors (Lipinski definition) is 4. The van der Waals surface area contributed by atoms with E-state index in [1.165, 1.54) is 70.6 Å². The van der Waals surface area contributed by atoms with E-state index in [9.17, 15) is 4.79 Å². The van der Waals surface area contributed by atoms with Gasteiger partial charge in [0.1, 0.15) is 5.75 Å². The molecular formula is C31H44BrClN2O2S.